The van der Waals surface area contributed by atoms with Gasteiger partial charge in [-0.1, -0.05) is 6.58 Å². The molecule has 0 spiro atoms. The van der Waals surface area contributed by atoms with Crippen molar-refractivity contribution in [3.63, 3.8) is 0 Å². The van der Waals surface area contributed by atoms with E-state index in [4.69, 9.17) is 56.8 Å². The number of esters is 8. The first-order chi connectivity index (χ1) is 23.9. The van der Waals surface area contributed by atoms with Crippen LogP contribution in [0.2, 0.25) is 0 Å². The van der Waals surface area contributed by atoms with E-state index < -0.39 is 122 Å². The minimum Gasteiger partial charge on any atom is -0.463 e. The van der Waals surface area contributed by atoms with E-state index in [2.05, 4.69) is 6.58 Å². The van der Waals surface area contributed by atoms with Crippen molar-refractivity contribution in [2.45, 2.75) is 110 Å². The zero-order valence-electron chi connectivity index (χ0n) is 29.1. The fourth-order valence-corrected chi connectivity index (χ4v) is 4.97. The van der Waals surface area contributed by atoms with Gasteiger partial charge in [0.15, 0.2) is 43.1 Å². The lowest BCUT2D eigenvalue weighted by molar-refractivity contribution is -0.361. The van der Waals surface area contributed by atoms with Gasteiger partial charge in [0, 0.05) is 54.5 Å². The van der Waals surface area contributed by atoms with Gasteiger partial charge in [0.2, 0.25) is 0 Å². The molecule has 0 aromatic carbocycles. The van der Waals surface area contributed by atoms with Crippen molar-refractivity contribution in [1.82, 2.24) is 0 Å². The predicted octanol–water partition coefficient (Wildman–Crippen LogP) is -0.648. The van der Waals surface area contributed by atoms with Crippen molar-refractivity contribution in [2.24, 2.45) is 0 Å². The summed E-state index contributed by atoms with van der Waals surface area (Å²) in [6, 6.07) is 0. The van der Waals surface area contributed by atoms with Gasteiger partial charge >= 0.3 is 47.8 Å². The molecule has 0 aromatic rings. The van der Waals surface area contributed by atoms with Crippen molar-refractivity contribution in [3.05, 3.63) is 12.7 Å². The third kappa shape index (κ3) is 13.9. The maximum absolute atomic E-state index is 12.5. The zero-order chi connectivity index (χ0) is 38.4. The summed E-state index contributed by atoms with van der Waals surface area (Å²) in [6.45, 7) is 8.75. The van der Waals surface area contributed by atoms with Gasteiger partial charge in [-0.15, -0.1) is 0 Å². The van der Waals surface area contributed by atoms with E-state index >= 15 is 0 Å². The summed E-state index contributed by atoms with van der Waals surface area (Å²) in [5, 5.41) is 0. The maximum atomic E-state index is 12.5. The largest absolute Gasteiger partial charge is 0.463 e. The second-order valence-electron chi connectivity index (χ2n) is 10.9. The van der Waals surface area contributed by atoms with Crippen LogP contribution in [-0.4, -0.2) is 136 Å². The molecule has 0 unspecified atom stereocenters. The van der Waals surface area contributed by atoms with E-state index in [-0.39, 0.29) is 13.2 Å². The van der Waals surface area contributed by atoms with Crippen molar-refractivity contribution < 1.29 is 95.2 Å². The molecular formula is C31H42O20. The van der Waals surface area contributed by atoms with E-state index in [9.17, 15) is 38.4 Å². The van der Waals surface area contributed by atoms with Gasteiger partial charge in [0.05, 0.1) is 6.61 Å². The highest BCUT2D eigenvalue weighted by Gasteiger charge is 2.57. The molecule has 10 atom stereocenters. The first-order valence-electron chi connectivity index (χ1n) is 15.4. The summed E-state index contributed by atoms with van der Waals surface area (Å²) in [5.41, 5.74) is 0. The Morgan fingerprint density at radius 3 is 1.33 bits per heavy atom. The standard InChI is InChI=1S/C31H42O20/c1-9-23(39)40-10-11-41-30-28(47-19(7)37)27(46-18(6)36)25(22(49-30)13-43-15(3)33)51-31-29(48-20(8)38)26(45-17(5)35)24(44-16(4)34)21(50-31)12-42-14(2)32/h9,21-22,24-31H,1,10-13H2,2-8H3/t21-,22-,24+,25-,26+,27+,28-,29-,30-,31+/m1/s1. The molecular weight excluding hydrogens is 692 g/mol. The topological polar surface area (TPSA) is 247 Å². The number of carbonyl (C=O) groups is 8. The maximum Gasteiger partial charge on any atom is 0.330 e. The lowest BCUT2D eigenvalue weighted by Crippen LogP contribution is -2.67. The van der Waals surface area contributed by atoms with Crippen LogP contribution in [0, 0.1) is 0 Å². The molecule has 2 rings (SSSR count). The Labute approximate surface area is 292 Å². The Morgan fingerprint density at radius 2 is 0.882 bits per heavy atom. The third-order valence-corrected chi connectivity index (χ3v) is 6.66. The first-order valence-corrected chi connectivity index (χ1v) is 15.4. The molecule has 51 heavy (non-hydrogen) atoms. The monoisotopic (exact) mass is 734 g/mol. The third-order valence-electron chi connectivity index (χ3n) is 6.66. The number of rotatable bonds is 16. The van der Waals surface area contributed by atoms with E-state index in [1.807, 2.05) is 0 Å². The van der Waals surface area contributed by atoms with Crippen molar-refractivity contribution >= 4 is 47.8 Å². The summed E-state index contributed by atoms with van der Waals surface area (Å²) >= 11 is 0. The average molecular weight is 735 g/mol. The summed E-state index contributed by atoms with van der Waals surface area (Å²) in [6.07, 6.45) is -15.1. The second-order valence-corrected chi connectivity index (χ2v) is 10.9. The Balaban J connectivity index is 2.68. The zero-order valence-corrected chi connectivity index (χ0v) is 29.1. The molecule has 286 valence electrons. The highest BCUT2D eigenvalue weighted by atomic mass is 16.8. The molecule has 20 nitrogen and oxygen atoms in total. The highest BCUT2D eigenvalue weighted by Crippen LogP contribution is 2.35. The molecule has 2 aliphatic rings. The summed E-state index contributed by atoms with van der Waals surface area (Å²) in [4.78, 5) is 96.6. The van der Waals surface area contributed by atoms with Crippen LogP contribution in [0.3, 0.4) is 0 Å². The summed E-state index contributed by atoms with van der Waals surface area (Å²) in [5.74, 6) is -6.84. The van der Waals surface area contributed by atoms with Crippen LogP contribution in [0.1, 0.15) is 48.5 Å². The van der Waals surface area contributed by atoms with Crippen LogP contribution in [-0.2, 0) is 95.2 Å². The van der Waals surface area contributed by atoms with E-state index in [1.54, 1.807) is 0 Å². The van der Waals surface area contributed by atoms with Gasteiger partial charge in [0.1, 0.15) is 38.1 Å². The van der Waals surface area contributed by atoms with Crippen LogP contribution in [0.25, 0.3) is 0 Å². The van der Waals surface area contributed by atoms with Gasteiger partial charge in [-0.05, 0) is 0 Å². The van der Waals surface area contributed by atoms with Gasteiger partial charge in [-0.2, -0.15) is 0 Å². The van der Waals surface area contributed by atoms with Gasteiger partial charge in [-0.3, -0.25) is 33.6 Å². The Morgan fingerprint density at radius 1 is 0.490 bits per heavy atom. The fourth-order valence-electron chi connectivity index (χ4n) is 4.97. The highest BCUT2D eigenvalue weighted by molar-refractivity contribution is 5.81. The van der Waals surface area contributed by atoms with Crippen LogP contribution < -0.4 is 0 Å². The average Bonchev–Trinajstić information content (AvgIpc) is 3.01. The van der Waals surface area contributed by atoms with Crippen molar-refractivity contribution in [3.8, 4) is 0 Å². The second kappa shape index (κ2) is 20.3. The molecule has 2 heterocycles. The predicted molar refractivity (Wildman–Crippen MR) is 160 cm³/mol. The molecule has 0 radical (unpaired) electrons. The lowest BCUT2D eigenvalue weighted by atomic mass is 9.96. The van der Waals surface area contributed by atoms with Crippen LogP contribution >= 0.6 is 0 Å². The molecule has 0 N–H and O–H groups in total. The van der Waals surface area contributed by atoms with Crippen molar-refractivity contribution in [2.75, 3.05) is 26.4 Å². The number of carbonyl (C=O) groups excluding carboxylic acids is 8. The molecule has 2 saturated heterocycles. The Hall–Kier alpha value is -4.66. The van der Waals surface area contributed by atoms with E-state index in [0.717, 1.165) is 54.5 Å². The Bertz CT molecular complexity index is 1300. The molecule has 0 aromatic heterocycles. The van der Waals surface area contributed by atoms with Gasteiger partial charge in [-0.25, -0.2) is 4.79 Å². The first kappa shape index (κ1) is 42.5. The van der Waals surface area contributed by atoms with Gasteiger partial charge in [0.25, 0.3) is 0 Å². The number of hydrogen-bond acceptors (Lipinski definition) is 20. The number of ether oxygens (including phenoxy) is 12. The normalized spacial score (nSPS) is 28.5. The summed E-state index contributed by atoms with van der Waals surface area (Å²) in [7, 11) is 0. The molecule has 0 bridgehead atoms. The SMILES string of the molecule is C=CC(=O)OCCO[C@@H]1O[C@H](COC(C)=O)[C@@H](O[C@@H]2O[C@H](COC(C)=O)[C@H](OC(C)=O)[C@H](OC(C)=O)[C@H]2OC(C)=O)[C@H](OC(C)=O)[C@H]1OC(C)=O. The fraction of sp³-hybridized carbons (Fsp3) is 0.677. The van der Waals surface area contributed by atoms with Crippen LogP contribution in [0.5, 0.6) is 0 Å². The molecule has 2 aliphatic heterocycles. The Kier molecular flexibility index (Phi) is 16.9. The minimum atomic E-state index is -1.83. The summed E-state index contributed by atoms with van der Waals surface area (Å²) < 4.78 is 66.3. The van der Waals surface area contributed by atoms with E-state index in [0.29, 0.717) is 0 Å². The molecule has 0 aliphatic carbocycles. The van der Waals surface area contributed by atoms with Crippen LogP contribution in [0.15, 0.2) is 12.7 Å². The number of hydrogen-bond donors (Lipinski definition) is 0. The minimum absolute atomic E-state index is 0.310. The molecule has 0 saturated carbocycles. The molecule has 20 heteroatoms. The quantitative estimate of drug-likeness (QED) is 0.0827. The van der Waals surface area contributed by atoms with Crippen LogP contribution in [0.4, 0.5) is 0 Å². The van der Waals surface area contributed by atoms with E-state index in [1.165, 1.54) is 0 Å². The molecule has 0 amide bonds. The lowest BCUT2D eigenvalue weighted by Gasteiger charge is -2.48. The molecule has 2 fully saturated rings. The smallest absolute Gasteiger partial charge is 0.330 e. The van der Waals surface area contributed by atoms with Gasteiger partial charge < -0.3 is 56.8 Å². The van der Waals surface area contributed by atoms with Crippen molar-refractivity contribution in [1.29, 1.82) is 0 Å².